The number of aryl methyl sites for hydroxylation is 7. The van der Waals surface area contributed by atoms with Gasteiger partial charge < -0.3 is 33.5 Å². The number of hydrogen-bond acceptors (Lipinski definition) is 28. The molecule has 4 aromatic carbocycles. The van der Waals surface area contributed by atoms with Gasteiger partial charge in [-0.25, -0.2) is 10.4 Å². The van der Waals surface area contributed by atoms with Crippen LogP contribution in [0, 0.1) is 76.2 Å². The zero-order chi connectivity index (χ0) is 97.2. The number of nitrogens with zero attached hydrogens (tertiary/aromatic N) is 18. The smallest absolute Gasteiger partial charge is 0.766 e. The second-order valence-corrected chi connectivity index (χ2v) is 42.0. The zero-order valence-corrected chi connectivity index (χ0v) is 87.9. The number of imidazole rings is 1. The van der Waals surface area contributed by atoms with Gasteiger partial charge in [-0.05, 0) is 201 Å². The van der Waals surface area contributed by atoms with Crippen LogP contribution < -0.4 is 40.3 Å². The largest absolute Gasteiger partial charge is 1.00 e. The van der Waals surface area contributed by atoms with Crippen LogP contribution in [-0.2, 0) is 57.3 Å². The second kappa shape index (κ2) is 43.3. The summed E-state index contributed by atoms with van der Waals surface area (Å²) in [6, 6.07) is 30.9. The van der Waals surface area contributed by atoms with Crippen molar-refractivity contribution in [2.24, 2.45) is 25.1 Å². The van der Waals surface area contributed by atoms with Gasteiger partial charge in [0.25, 0.3) is 0 Å². The average molecular weight is 2030 g/mol. The van der Waals surface area contributed by atoms with E-state index in [2.05, 4.69) is 131 Å². The van der Waals surface area contributed by atoms with E-state index in [1.807, 2.05) is 169 Å². The van der Waals surface area contributed by atoms with Crippen molar-refractivity contribution < 1.29 is 76.1 Å². The molecule has 0 saturated carbocycles. The molecule has 4 aliphatic heterocycles. The van der Waals surface area contributed by atoms with Crippen molar-refractivity contribution in [1.29, 1.82) is 0 Å². The summed E-state index contributed by atoms with van der Waals surface area (Å²) < 4.78 is 51.6. The number of aromatic amines is 1. The molecule has 14 heterocycles. The molecule has 706 valence electrons. The van der Waals surface area contributed by atoms with Crippen LogP contribution in [0.3, 0.4) is 0 Å². The Kier molecular flexibility index (Phi) is 32.3. The number of hydrazone groups is 1. The minimum atomic E-state index is -2.49. The molecule has 14 aromatic rings. The maximum atomic E-state index is 12.9. The Hall–Kier alpha value is -10.8. The van der Waals surface area contributed by atoms with Gasteiger partial charge in [-0.2, -0.15) is 5.10 Å². The standard InChI is InChI=1S/C25H29ClN4O3S.C24H24ClN7OS.C24H21ClN6O4S2.C23H25ClN4O2S.Na/c1-14-15(2)34-24-21(14)22(16-7-9-17(26)10-8-16)27-18(13-20(31)33-25(3,4)5)23-29-28-19(30(23)24)11-12-32-6;1-13-14(2)34-24-21(13)22(16-4-6-17(25)7-5-16)29-19(23-31-30-15(3)32(23)24)10-20(33)27-9-8-18-11-26-12-28-18;1-12-13(2)36-24-21(12)22(15-4-6-16(25)7-5-15)27-18(23-30-28-14(3)31(23)24)10-19(32)29-26-11-17-8-9-20(35-17)37(33)34;1-12-13(2)31-22-19(12)20(15-7-9-16(24)10-8-15)25-17(11-18(29)30-23(4,5)6)21-27-26-14(3)28(21)22;/h7-10,18H,11-13H2,1-6H3;4-7,11-12,19H,8-10H2,1-3H3,(H,26,28)(H,27,33);4-9,11,18H,10H2,1-3H3,(H,29,32)(H,33,34);7-10,17H,11H2,1-6H3;/q;;;;+1/p-1/b;;26-11+;;/t18-;19-;18-;17-;/m0000./s1. The normalized spacial score (nSPS) is 15.3. The molecule has 0 saturated heterocycles. The number of rotatable bonds is 21. The van der Waals surface area contributed by atoms with Gasteiger partial charge in [-0.3, -0.25) is 61.6 Å². The van der Waals surface area contributed by atoms with E-state index >= 15 is 0 Å². The molecule has 10 aromatic heterocycles. The maximum absolute atomic E-state index is 12.9. The van der Waals surface area contributed by atoms with Crippen LogP contribution in [0.25, 0.3) is 20.0 Å². The van der Waals surface area contributed by atoms with Crippen LogP contribution in [0.5, 0.6) is 0 Å². The number of benzene rings is 4. The molecular formula is C96H98Cl4N21NaO10S5. The molecule has 18 rings (SSSR count). The van der Waals surface area contributed by atoms with Gasteiger partial charge in [0.2, 0.25) is 11.8 Å². The molecule has 0 fully saturated rings. The van der Waals surface area contributed by atoms with E-state index in [9.17, 15) is 27.9 Å². The van der Waals surface area contributed by atoms with E-state index in [-0.39, 0.29) is 83.9 Å². The fourth-order valence-electron chi connectivity index (χ4n) is 15.8. The number of H-pyrrole nitrogens is 1. The minimum absolute atomic E-state index is 0. The Balaban J connectivity index is 0.000000146. The number of carbonyl (C=O) groups is 4. The number of fused-ring (bicyclic) bond motifs is 12. The number of furan rings is 1. The minimum Gasteiger partial charge on any atom is -0.766 e. The van der Waals surface area contributed by atoms with Crippen molar-refractivity contribution in [2.75, 3.05) is 20.3 Å². The summed E-state index contributed by atoms with van der Waals surface area (Å²) in [7, 11) is 1.66. The van der Waals surface area contributed by atoms with Crippen molar-refractivity contribution in [2.45, 2.75) is 197 Å². The predicted octanol–water partition coefficient (Wildman–Crippen LogP) is 16.4. The SMILES string of the molecule is COCCc1nnc2n1-c1sc(C)c(C)c1C(c1ccc(Cl)cc1)=N[C@H]2CC(=O)OC(C)(C)C.Cc1sc2c(c1C)C(c1ccc(Cl)cc1)=N[C@@H](CC(=O)N/N=C/c1ccc(S(=O)[O-])o1)c1nnc(C)n1-2.Cc1sc2c(c1C)C(c1ccc(Cl)cc1)=N[C@@H](CC(=O)NCCc1cnc[nH]1)c1nnc(C)n1-2.Cc1sc2c(c1C)C(c1ccc(Cl)cc1)=N[C@@H](CC(=O)OC(C)(C)C)c1nnc(C)n1-2.[Na+]. The first kappa shape index (κ1) is 102. The molecule has 0 radical (unpaired) electrons. The fourth-order valence-corrected chi connectivity index (χ4v) is 21.5. The molecular weight excluding hydrogens is 1930 g/mol. The van der Waals surface area contributed by atoms with E-state index in [1.165, 1.54) is 33.0 Å². The van der Waals surface area contributed by atoms with Crippen molar-refractivity contribution >= 4 is 156 Å². The number of nitrogens with one attached hydrogen (secondary N) is 3. The molecule has 5 atom stereocenters. The Bertz CT molecular complexity index is 7050. The average Bonchev–Trinajstić information content (AvgIpc) is 1.60. The monoisotopic (exact) mass is 2030 g/mol. The summed E-state index contributed by atoms with van der Waals surface area (Å²) in [6.07, 6.45) is 6.15. The molecule has 2 amide bonds. The third-order valence-electron chi connectivity index (χ3n) is 22.6. The van der Waals surface area contributed by atoms with E-state index in [1.54, 1.807) is 65.0 Å². The number of aliphatic imine (C=N–C) groups is 4. The van der Waals surface area contributed by atoms with Gasteiger partial charge in [0.1, 0.15) is 84.4 Å². The first-order valence-electron chi connectivity index (χ1n) is 43.4. The van der Waals surface area contributed by atoms with Gasteiger partial charge in [-0.15, -0.1) is 86.1 Å². The quantitative estimate of drug-likeness (QED) is 0.0198. The predicted molar refractivity (Wildman–Crippen MR) is 531 cm³/mol. The number of halogens is 4. The first-order valence-corrected chi connectivity index (χ1v) is 49.3. The van der Waals surface area contributed by atoms with Crippen LogP contribution >= 0.6 is 91.8 Å². The summed E-state index contributed by atoms with van der Waals surface area (Å²) in [5.41, 5.74) is 17.8. The van der Waals surface area contributed by atoms with Crippen LogP contribution in [0.1, 0.15) is 236 Å². The number of ether oxygens (including phenoxy) is 3. The molecule has 0 spiro atoms. The van der Waals surface area contributed by atoms with Crippen LogP contribution in [0.2, 0.25) is 20.1 Å². The van der Waals surface area contributed by atoms with E-state index in [4.69, 9.17) is 85.0 Å². The molecule has 4 aliphatic rings. The summed E-state index contributed by atoms with van der Waals surface area (Å²) in [6.45, 7) is 34.6. The van der Waals surface area contributed by atoms with Crippen LogP contribution in [-0.4, -0.2) is 162 Å². The zero-order valence-electron chi connectivity index (χ0n) is 78.8. The summed E-state index contributed by atoms with van der Waals surface area (Å²) in [5.74, 6) is 4.54. The molecule has 137 heavy (non-hydrogen) atoms. The summed E-state index contributed by atoms with van der Waals surface area (Å²) in [5, 5.41) is 48.4. The Morgan fingerprint density at radius 2 is 0.825 bits per heavy atom. The third-order valence-corrected chi connectivity index (χ3v) is 28.9. The van der Waals surface area contributed by atoms with E-state index in [0.29, 0.717) is 75.2 Å². The third kappa shape index (κ3) is 23.0. The molecule has 31 nitrogen and oxygen atoms in total. The Morgan fingerprint density at radius 1 is 0.482 bits per heavy atom. The van der Waals surface area contributed by atoms with Crippen molar-refractivity contribution in [3.63, 3.8) is 0 Å². The second-order valence-electron chi connectivity index (χ2n) is 34.6. The summed E-state index contributed by atoms with van der Waals surface area (Å²) >= 11 is 28.8. The number of thiophene rings is 4. The van der Waals surface area contributed by atoms with Gasteiger partial charge >= 0.3 is 41.5 Å². The Labute approximate surface area is 852 Å². The van der Waals surface area contributed by atoms with Crippen molar-refractivity contribution in [3.8, 4) is 20.0 Å². The molecule has 1 unspecified atom stereocenters. The van der Waals surface area contributed by atoms with Crippen molar-refractivity contribution in [3.05, 3.63) is 286 Å². The molecule has 0 aliphatic carbocycles. The molecule has 3 N–H and O–H groups in total. The van der Waals surface area contributed by atoms with E-state index < -0.39 is 52.4 Å². The molecule has 41 heteroatoms. The van der Waals surface area contributed by atoms with Gasteiger partial charge in [-0.1, -0.05) is 94.9 Å². The number of amides is 2. The first-order chi connectivity index (χ1) is 64.8. The number of aromatic nitrogens is 14. The number of esters is 2. The maximum Gasteiger partial charge on any atom is 1.00 e. The summed E-state index contributed by atoms with van der Waals surface area (Å²) in [4.78, 5) is 83.5. The molecule has 0 bridgehead atoms. The van der Waals surface area contributed by atoms with Crippen molar-refractivity contribution in [1.82, 2.24) is 79.8 Å². The van der Waals surface area contributed by atoms with Gasteiger partial charge in [0.05, 0.1) is 67.7 Å². The van der Waals surface area contributed by atoms with Crippen LogP contribution in [0.4, 0.5) is 0 Å². The topological polar surface area (TPSA) is 387 Å². The number of hydrogen-bond donors (Lipinski definition) is 3. The number of methoxy groups -OCH3 is 1. The van der Waals surface area contributed by atoms with Gasteiger partial charge in [0, 0.05) is 134 Å². The Morgan fingerprint density at radius 3 is 1.16 bits per heavy atom. The van der Waals surface area contributed by atoms with E-state index in [0.717, 1.165) is 138 Å². The number of carbonyl (C=O) groups excluding carboxylic acids is 4. The van der Waals surface area contributed by atoms with Gasteiger partial charge in [0.15, 0.2) is 28.4 Å². The fraction of sp³-hybridized carbons (Fsp3) is 0.333. The van der Waals surface area contributed by atoms with Crippen LogP contribution in [0.15, 0.2) is 156 Å².